The topological polar surface area (TPSA) is 28.7 Å². The molecular weight excluding hydrogens is 275 g/mol. The fourth-order valence-corrected chi connectivity index (χ4v) is 2.61. The van der Waals surface area contributed by atoms with Crippen LogP contribution in [0.4, 0.5) is 4.39 Å². The SMILES string of the molecule is N#Cc1cccc(Cn2ccc3cccc(Cl)c32)c1F. The molecule has 1 aromatic heterocycles. The maximum atomic E-state index is 14.1. The predicted octanol–water partition coefficient (Wildman–Crippen LogP) is 4.35. The number of hydrogen-bond donors (Lipinski definition) is 0. The summed E-state index contributed by atoms with van der Waals surface area (Å²) in [5.74, 6) is -0.469. The van der Waals surface area contributed by atoms with Gasteiger partial charge in [0.1, 0.15) is 11.9 Å². The highest BCUT2D eigenvalue weighted by Gasteiger charge is 2.10. The number of hydrogen-bond acceptors (Lipinski definition) is 1. The van der Waals surface area contributed by atoms with Gasteiger partial charge in [-0.1, -0.05) is 35.9 Å². The van der Waals surface area contributed by atoms with Gasteiger partial charge in [-0.05, 0) is 18.2 Å². The molecule has 0 saturated carbocycles. The standard InChI is InChI=1S/C16H10ClFN2/c17-14-6-2-3-11-7-8-20(16(11)14)10-13-5-1-4-12(9-19)15(13)18/h1-8H,10H2. The largest absolute Gasteiger partial charge is 0.342 e. The lowest BCUT2D eigenvalue weighted by atomic mass is 10.1. The van der Waals surface area contributed by atoms with Gasteiger partial charge in [-0.3, -0.25) is 0 Å². The van der Waals surface area contributed by atoms with Crippen molar-refractivity contribution in [3.8, 4) is 6.07 Å². The van der Waals surface area contributed by atoms with Crippen LogP contribution >= 0.6 is 11.6 Å². The lowest BCUT2D eigenvalue weighted by Gasteiger charge is -2.08. The Morgan fingerprint density at radius 1 is 1.15 bits per heavy atom. The number of rotatable bonds is 2. The van der Waals surface area contributed by atoms with Gasteiger partial charge in [0.25, 0.3) is 0 Å². The molecule has 3 aromatic rings. The molecule has 98 valence electrons. The molecule has 0 saturated heterocycles. The molecule has 0 spiro atoms. The van der Waals surface area contributed by atoms with Crippen LogP contribution in [0.5, 0.6) is 0 Å². The Morgan fingerprint density at radius 2 is 1.95 bits per heavy atom. The Labute approximate surface area is 120 Å². The van der Waals surface area contributed by atoms with E-state index in [1.54, 1.807) is 12.1 Å². The second kappa shape index (κ2) is 4.99. The number of nitriles is 1. The maximum Gasteiger partial charge on any atom is 0.145 e. The molecule has 0 atom stereocenters. The minimum absolute atomic E-state index is 0.0602. The minimum Gasteiger partial charge on any atom is -0.342 e. The fraction of sp³-hybridized carbons (Fsp3) is 0.0625. The van der Waals surface area contributed by atoms with E-state index >= 15 is 0 Å². The fourth-order valence-electron chi connectivity index (χ4n) is 2.32. The first-order valence-electron chi connectivity index (χ1n) is 6.11. The van der Waals surface area contributed by atoms with Crippen LogP contribution in [0.2, 0.25) is 5.02 Å². The smallest absolute Gasteiger partial charge is 0.145 e. The van der Waals surface area contributed by atoms with Crippen LogP contribution in [0.3, 0.4) is 0 Å². The minimum atomic E-state index is -0.469. The highest BCUT2D eigenvalue weighted by molar-refractivity contribution is 6.35. The van der Waals surface area contributed by atoms with E-state index in [0.717, 1.165) is 10.9 Å². The van der Waals surface area contributed by atoms with Gasteiger partial charge in [-0.15, -0.1) is 0 Å². The molecule has 0 fully saturated rings. The third-order valence-corrected chi connectivity index (χ3v) is 3.58. The summed E-state index contributed by atoms with van der Waals surface area (Å²) in [4.78, 5) is 0. The van der Waals surface area contributed by atoms with Gasteiger partial charge in [0.05, 0.1) is 22.6 Å². The zero-order chi connectivity index (χ0) is 14.1. The number of nitrogens with zero attached hydrogens (tertiary/aromatic N) is 2. The summed E-state index contributed by atoms with van der Waals surface area (Å²) < 4.78 is 16.0. The summed E-state index contributed by atoms with van der Waals surface area (Å²) >= 11 is 6.20. The molecule has 4 heteroatoms. The number of fused-ring (bicyclic) bond motifs is 1. The molecular formula is C16H10ClFN2. The van der Waals surface area contributed by atoms with E-state index in [4.69, 9.17) is 16.9 Å². The van der Waals surface area contributed by atoms with Gasteiger partial charge in [0.2, 0.25) is 0 Å². The second-order valence-corrected chi connectivity index (χ2v) is 4.92. The molecule has 3 rings (SSSR count). The number of aromatic nitrogens is 1. The highest BCUT2D eigenvalue weighted by atomic mass is 35.5. The molecule has 0 aliphatic carbocycles. The summed E-state index contributed by atoms with van der Waals surface area (Å²) in [5.41, 5.74) is 1.41. The highest BCUT2D eigenvalue weighted by Crippen LogP contribution is 2.25. The summed E-state index contributed by atoms with van der Waals surface area (Å²) in [7, 11) is 0. The summed E-state index contributed by atoms with van der Waals surface area (Å²) in [5, 5.41) is 10.5. The van der Waals surface area contributed by atoms with Crippen LogP contribution < -0.4 is 0 Å². The Hall–Kier alpha value is -2.31. The van der Waals surface area contributed by atoms with Crippen molar-refractivity contribution in [2.45, 2.75) is 6.54 Å². The van der Waals surface area contributed by atoms with E-state index < -0.39 is 5.82 Å². The zero-order valence-electron chi connectivity index (χ0n) is 10.5. The van der Waals surface area contributed by atoms with Crippen LogP contribution in [0.1, 0.15) is 11.1 Å². The first-order valence-corrected chi connectivity index (χ1v) is 6.49. The number of para-hydroxylation sites is 1. The zero-order valence-corrected chi connectivity index (χ0v) is 11.2. The van der Waals surface area contributed by atoms with E-state index in [-0.39, 0.29) is 5.56 Å². The summed E-state index contributed by atoms with van der Waals surface area (Å²) in [6, 6.07) is 14.3. The second-order valence-electron chi connectivity index (χ2n) is 4.51. The van der Waals surface area contributed by atoms with Crippen molar-refractivity contribution in [2.24, 2.45) is 0 Å². The van der Waals surface area contributed by atoms with Crippen LogP contribution in [0, 0.1) is 17.1 Å². The number of halogens is 2. The van der Waals surface area contributed by atoms with Crippen molar-refractivity contribution in [1.82, 2.24) is 4.57 Å². The predicted molar refractivity (Wildman–Crippen MR) is 77.2 cm³/mol. The Bertz CT molecular complexity index is 830. The van der Waals surface area contributed by atoms with Crippen LogP contribution in [-0.4, -0.2) is 4.57 Å². The Kier molecular flexibility index (Phi) is 3.17. The maximum absolute atomic E-state index is 14.1. The van der Waals surface area contributed by atoms with Crippen molar-refractivity contribution in [2.75, 3.05) is 0 Å². The molecule has 1 heterocycles. The lowest BCUT2D eigenvalue weighted by molar-refractivity contribution is 0.598. The van der Waals surface area contributed by atoms with Crippen molar-refractivity contribution in [1.29, 1.82) is 5.26 Å². The van der Waals surface area contributed by atoms with E-state index in [2.05, 4.69) is 0 Å². The molecule has 0 amide bonds. The van der Waals surface area contributed by atoms with Crippen LogP contribution in [0.25, 0.3) is 10.9 Å². The first kappa shape index (κ1) is 12.7. The first-order chi connectivity index (χ1) is 9.70. The van der Waals surface area contributed by atoms with Gasteiger partial charge in [0, 0.05) is 17.1 Å². The van der Waals surface area contributed by atoms with Crippen LogP contribution in [0.15, 0.2) is 48.7 Å². The number of benzene rings is 2. The van der Waals surface area contributed by atoms with Gasteiger partial charge >= 0.3 is 0 Å². The molecule has 2 nitrogen and oxygen atoms in total. The molecule has 0 radical (unpaired) electrons. The molecule has 0 aliphatic rings. The van der Waals surface area contributed by atoms with Crippen LogP contribution in [-0.2, 0) is 6.54 Å². The van der Waals surface area contributed by atoms with Crippen molar-refractivity contribution in [3.05, 3.63) is 70.6 Å². The molecule has 0 aliphatic heterocycles. The van der Waals surface area contributed by atoms with Gasteiger partial charge in [0.15, 0.2) is 0 Å². The van der Waals surface area contributed by atoms with E-state index in [1.165, 1.54) is 6.07 Å². The summed E-state index contributed by atoms with van der Waals surface area (Å²) in [6.45, 7) is 0.342. The van der Waals surface area contributed by atoms with Gasteiger partial charge in [-0.25, -0.2) is 4.39 Å². The van der Waals surface area contributed by atoms with Crippen molar-refractivity contribution >= 4 is 22.5 Å². The average molecular weight is 285 g/mol. The lowest BCUT2D eigenvalue weighted by Crippen LogP contribution is -2.02. The Balaban J connectivity index is 2.09. The summed E-state index contributed by atoms with van der Waals surface area (Å²) in [6.07, 6.45) is 1.87. The molecule has 20 heavy (non-hydrogen) atoms. The third-order valence-electron chi connectivity index (χ3n) is 3.28. The molecule has 0 unspecified atom stereocenters. The molecule has 2 aromatic carbocycles. The molecule has 0 bridgehead atoms. The quantitative estimate of drug-likeness (QED) is 0.687. The van der Waals surface area contributed by atoms with Crippen molar-refractivity contribution < 1.29 is 4.39 Å². The average Bonchev–Trinajstić information content (AvgIpc) is 2.86. The van der Waals surface area contributed by atoms with Gasteiger partial charge < -0.3 is 4.57 Å². The monoisotopic (exact) mass is 284 g/mol. The third kappa shape index (κ3) is 2.04. The van der Waals surface area contributed by atoms with Gasteiger partial charge in [-0.2, -0.15) is 5.26 Å². The van der Waals surface area contributed by atoms with E-state index in [9.17, 15) is 4.39 Å². The Morgan fingerprint density at radius 3 is 2.75 bits per heavy atom. The van der Waals surface area contributed by atoms with E-state index in [1.807, 2.05) is 41.1 Å². The normalized spacial score (nSPS) is 10.7. The van der Waals surface area contributed by atoms with E-state index in [0.29, 0.717) is 17.1 Å². The molecule has 0 N–H and O–H groups in total. The van der Waals surface area contributed by atoms with Crippen molar-refractivity contribution in [3.63, 3.8) is 0 Å².